The summed E-state index contributed by atoms with van der Waals surface area (Å²) in [5.74, 6) is -0.979. The lowest BCUT2D eigenvalue weighted by Crippen LogP contribution is -2.63. The summed E-state index contributed by atoms with van der Waals surface area (Å²) in [5.41, 5.74) is 0.520. The Kier molecular flexibility index (Phi) is 7.05. The lowest BCUT2D eigenvalue weighted by molar-refractivity contribution is -0.132. The molecule has 0 unspecified atom stereocenters. The van der Waals surface area contributed by atoms with Gasteiger partial charge in [0.15, 0.2) is 5.69 Å². The maximum atomic E-state index is 13.5. The summed E-state index contributed by atoms with van der Waals surface area (Å²) in [7, 11) is 1.57. The summed E-state index contributed by atoms with van der Waals surface area (Å²) in [5, 5.41) is 5.64. The molecule has 2 N–H and O–H groups in total. The van der Waals surface area contributed by atoms with Crippen LogP contribution in [0.1, 0.15) is 46.0 Å². The summed E-state index contributed by atoms with van der Waals surface area (Å²) in [4.78, 5) is 45.3. The second kappa shape index (κ2) is 10.2. The van der Waals surface area contributed by atoms with Gasteiger partial charge in [-0.3, -0.25) is 14.4 Å². The third-order valence-corrected chi connectivity index (χ3v) is 6.33. The molecule has 0 radical (unpaired) electrons. The van der Waals surface area contributed by atoms with Crippen molar-refractivity contribution in [2.45, 2.75) is 39.0 Å². The van der Waals surface area contributed by atoms with Crippen molar-refractivity contribution < 1.29 is 23.5 Å². The number of rotatable bonds is 8. The normalized spacial score (nSPS) is 16.9. The van der Waals surface area contributed by atoms with Gasteiger partial charge in [-0.25, -0.2) is 9.37 Å². The molecule has 4 rings (SSSR count). The van der Waals surface area contributed by atoms with Crippen molar-refractivity contribution >= 4 is 17.7 Å². The average Bonchev–Trinajstić information content (AvgIpc) is 3.31. The molecular weight excluding hydrogens is 465 g/mol. The molecule has 0 aliphatic carbocycles. The van der Waals surface area contributed by atoms with E-state index < -0.39 is 17.4 Å². The number of amides is 3. The van der Waals surface area contributed by atoms with Crippen molar-refractivity contribution in [3.8, 4) is 5.75 Å². The van der Waals surface area contributed by atoms with E-state index in [4.69, 9.17) is 4.74 Å². The van der Waals surface area contributed by atoms with Crippen molar-refractivity contribution in [3.05, 3.63) is 83.2 Å². The lowest BCUT2D eigenvalue weighted by atomic mass is 9.94. The zero-order valence-electron chi connectivity index (χ0n) is 20.4. The Morgan fingerprint density at radius 2 is 1.83 bits per heavy atom. The minimum absolute atomic E-state index is 0.00937. The number of fused-ring (bicyclic) bond motifs is 1. The number of nitrogens with one attached hydrogen (secondary N) is 2. The SMILES string of the molecule is CCN1C(=O)c2c(C(=O)NCc3cccc(OC)c3)ncn2C[C@@]1(C)C(=O)NCc1ccc(F)cc1. The van der Waals surface area contributed by atoms with Crippen molar-refractivity contribution in [3.63, 3.8) is 0 Å². The molecule has 10 heteroatoms. The highest BCUT2D eigenvalue weighted by Gasteiger charge is 2.48. The van der Waals surface area contributed by atoms with Crippen LogP contribution < -0.4 is 15.4 Å². The number of imidazole rings is 1. The summed E-state index contributed by atoms with van der Waals surface area (Å²) in [6, 6.07) is 13.1. The summed E-state index contributed by atoms with van der Waals surface area (Å²) in [6.07, 6.45) is 1.41. The summed E-state index contributed by atoms with van der Waals surface area (Å²) in [6.45, 7) is 4.27. The number of ether oxygens (including phenoxy) is 1. The highest BCUT2D eigenvalue weighted by atomic mass is 19.1. The second-order valence-corrected chi connectivity index (χ2v) is 8.74. The molecule has 0 saturated carbocycles. The van der Waals surface area contributed by atoms with E-state index in [0.717, 1.165) is 11.1 Å². The fourth-order valence-electron chi connectivity index (χ4n) is 4.37. The molecule has 188 valence electrons. The van der Waals surface area contributed by atoms with Crippen LogP contribution in [0.2, 0.25) is 0 Å². The van der Waals surface area contributed by atoms with E-state index in [1.807, 2.05) is 24.3 Å². The van der Waals surface area contributed by atoms with Crippen LogP contribution in [-0.4, -0.2) is 51.4 Å². The number of methoxy groups -OCH3 is 1. The number of halogens is 1. The number of carbonyl (C=O) groups excluding carboxylic acids is 3. The van der Waals surface area contributed by atoms with E-state index in [1.54, 1.807) is 37.7 Å². The monoisotopic (exact) mass is 493 g/mol. The highest BCUT2D eigenvalue weighted by molar-refractivity contribution is 6.07. The maximum absolute atomic E-state index is 13.5. The van der Waals surface area contributed by atoms with Gasteiger partial charge in [-0.1, -0.05) is 24.3 Å². The Morgan fingerprint density at radius 3 is 2.53 bits per heavy atom. The second-order valence-electron chi connectivity index (χ2n) is 8.74. The predicted molar refractivity (Wildman–Crippen MR) is 130 cm³/mol. The highest BCUT2D eigenvalue weighted by Crippen LogP contribution is 2.29. The molecule has 1 aromatic heterocycles. The van der Waals surface area contributed by atoms with Crippen molar-refractivity contribution in [1.82, 2.24) is 25.1 Å². The quantitative estimate of drug-likeness (QED) is 0.502. The van der Waals surface area contributed by atoms with Gasteiger partial charge in [0.2, 0.25) is 5.91 Å². The van der Waals surface area contributed by atoms with Gasteiger partial charge in [0.25, 0.3) is 11.8 Å². The molecule has 2 heterocycles. The van der Waals surface area contributed by atoms with Crippen molar-refractivity contribution in [2.75, 3.05) is 13.7 Å². The molecule has 9 nitrogen and oxygen atoms in total. The van der Waals surface area contributed by atoms with E-state index in [0.29, 0.717) is 5.75 Å². The van der Waals surface area contributed by atoms with E-state index in [1.165, 1.54) is 23.4 Å². The van der Waals surface area contributed by atoms with Crippen LogP contribution >= 0.6 is 0 Å². The van der Waals surface area contributed by atoms with E-state index in [9.17, 15) is 18.8 Å². The molecule has 3 amide bonds. The van der Waals surface area contributed by atoms with Gasteiger partial charge >= 0.3 is 0 Å². The minimum Gasteiger partial charge on any atom is -0.497 e. The minimum atomic E-state index is -1.20. The van der Waals surface area contributed by atoms with E-state index >= 15 is 0 Å². The Hall–Kier alpha value is -4.21. The van der Waals surface area contributed by atoms with Gasteiger partial charge in [-0.05, 0) is 49.2 Å². The molecule has 1 aliphatic rings. The first-order chi connectivity index (χ1) is 17.3. The topological polar surface area (TPSA) is 106 Å². The van der Waals surface area contributed by atoms with Crippen LogP contribution in [0.5, 0.6) is 5.75 Å². The largest absolute Gasteiger partial charge is 0.497 e. The van der Waals surface area contributed by atoms with E-state index in [-0.39, 0.29) is 49.3 Å². The Labute approximate surface area is 208 Å². The Bertz CT molecular complexity index is 1290. The number of hydrogen-bond acceptors (Lipinski definition) is 5. The molecule has 0 spiro atoms. The first-order valence-corrected chi connectivity index (χ1v) is 11.6. The summed E-state index contributed by atoms with van der Waals surface area (Å²) >= 11 is 0. The van der Waals surface area contributed by atoms with Crippen LogP contribution in [0.3, 0.4) is 0 Å². The number of aromatic nitrogens is 2. The predicted octanol–water partition coefficient (Wildman–Crippen LogP) is 2.51. The van der Waals surface area contributed by atoms with Gasteiger partial charge < -0.3 is 24.8 Å². The molecule has 36 heavy (non-hydrogen) atoms. The molecule has 0 fully saturated rings. The molecule has 3 aromatic rings. The average molecular weight is 494 g/mol. The van der Waals surface area contributed by atoms with Gasteiger partial charge in [-0.2, -0.15) is 0 Å². The zero-order chi connectivity index (χ0) is 25.9. The van der Waals surface area contributed by atoms with Gasteiger partial charge in [0.1, 0.15) is 22.8 Å². The van der Waals surface area contributed by atoms with Crippen LogP contribution in [-0.2, 0) is 24.4 Å². The van der Waals surface area contributed by atoms with Crippen molar-refractivity contribution in [2.24, 2.45) is 0 Å². The standard InChI is InChI=1S/C26H28FN5O4/c1-4-32-24(34)22-21(23(33)28-14-18-6-5-7-20(12-18)36-3)30-16-31(22)15-26(32,2)25(35)29-13-17-8-10-19(27)11-9-17/h5-12,16H,4,13-15H2,1-3H3,(H,28,33)(H,29,35)/t26-/m0/s1. The number of nitrogens with zero attached hydrogens (tertiary/aromatic N) is 3. The fourth-order valence-corrected chi connectivity index (χ4v) is 4.37. The number of likely N-dealkylation sites (N-methyl/N-ethyl adjacent to an activating group) is 1. The molecule has 0 bridgehead atoms. The van der Waals surface area contributed by atoms with E-state index in [2.05, 4.69) is 15.6 Å². The molecular formula is C26H28FN5O4. The van der Waals surface area contributed by atoms with Gasteiger partial charge in [0.05, 0.1) is 20.0 Å². The van der Waals surface area contributed by atoms with Crippen LogP contribution in [0.15, 0.2) is 54.9 Å². The van der Waals surface area contributed by atoms with Gasteiger partial charge in [0, 0.05) is 19.6 Å². The van der Waals surface area contributed by atoms with Crippen molar-refractivity contribution in [1.29, 1.82) is 0 Å². The number of benzene rings is 2. The first kappa shape index (κ1) is 24.9. The molecule has 0 saturated heterocycles. The molecule has 2 aromatic carbocycles. The zero-order valence-corrected chi connectivity index (χ0v) is 20.4. The third-order valence-electron chi connectivity index (χ3n) is 6.33. The maximum Gasteiger partial charge on any atom is 0.273 e. The number of carbonyl (C=O) groups is 3. The Balaban J connectivity index is 1.50. The van der Waals surface area contributed by atoms with Gasteiger partial charge in [-0.15, -0.1) is 0 Å². The number of hydrogen-bond donors (Lipinski definition) is 2. The smallest absolute Gasteiger partial charge is 0.273 e. The Morgan fingerprint density at radius 1 is 1.11 bits per heavy atom. The van der Waals surface area contributed by atoms with Crippen LogP contribution in [0.4, 0.5) is 4.39 Å². The lowest BCUT2D eigenvalue weighted by Gasteiger charge is -2.43. The van der Waals surface area contributed by atoms with Crippen LogP contribution in [0.25, 0.3) is 0 Å². The molecule has 1 aliphatic heterocycles. The fraction of sp³-hybridized carbons (Fsp3) is 0.308. The summed E-state index contributed by atoms with van der Waals surface area (Å²) < 4.78 is 19.9. The third kappa shape index (κ3) is 4.79. The van der Waals surface area contributed by atoms with Crippen LogP contribution in [0, 0.1) is 5.82 Å². The first-order valence-electron chi connectivity index (χ1n) is 11.6. The molecule has 1 atom stereocenters.